The second-order valence-electron chi connectivity index (χ2n) is 4.57. The molecule has 0 fully saturated rings. The zero-order chi connectivity index (χ0) is 15.2. The Balaban J connectivity index is 2.01. The Morgan fingerprint density at radius 2 is 2.00 bits per heavy atom. The molecule has 0 atom stereocenters. The minimum atomic E-state index is -4.47. The van der Waals surface area contributed by atoms with Crippen molar-refractivity contribution in [2.24, 2.45) is 4.99 Å². The standard InChI is InChI=1S/C13H10F3N3O2/c14-13(15,16)8-3-1-2-7-5-19(6-17-11(7)8)9-4-10(20)18-12(9)21/h1-4,6,18,20-21H,5H2. The van der Waals surface area contributed by atoms with Gasteiger partial charge in [-0.3, -0.25) is 4.98 Å². The molecule has 0 saturated carbocycles. The molecular formula is C13H10F3N3O2. The number of H-pyrrole nitrogens is 1. The van der Waals surface area contributed by atoms with Gasteiger partial charge >= 0.3 is 6.18 Å². The quantitative estimate of drug-likeness (QED) is 0.757. The molecule has 2 aromatic rings. The van der Waals surface area contributed by atoms with Crippen molar-refractivity contribution in [3.8, 4) is 11.8 Å². The summed E-state index contributed by atoms with van der Waals surface area (Å²) in [7, 11) is 0. The Morgan fingerprint density at radius 3 is 2.62 bits per heavy atom. The van der Waals surface area contributed by atoms with Gasteiger partial charge in [0.1, 0.15) is 5.69 Å². The third kappa shape index (κ3) is 2.28. The largest absolute Gasteiger partial charge is 0.494 e. The van der Waals surface area contributed by atoms with Crippen LogP contribution in [-0.2, 0) is 12.7 Å². The highest BCUT2D eigenvalue weighted by atomic mass is 19.4. The van der Waals surface area contributed by atoms with Crippen LogP contribution in [0.1, 0.15) is 11.1 Å². The van der Waals surface area contributed by atoms with Gasteiger partial charge in [-0.1, -0.05) is 12.1 Å². The van der Waals surface area contributed by atoms with Crippen molar-refractivity contribution in [2.45, 2.75) is 12.7 Å². The zero-order valence-electron chi connectivity index (χ0n) is 10.5. The molecule has 3 rings (SSSR count). The molecule has 5 nitrogen and oxygen atoms in total. The van der Waals surface area contributed by atoms with E-state index in [0.717, 1.165) is 6.07 Å². The number of fused-ring (bicyclic) bond motifs is 1. The number of aromatic amines is 1. The minimum absolute atomic E-state index is 0.105. The molecule has 110 valence electrons. The molecule has 1 aliphatic heterocycles. The van der Waals surface area contributed by atoms with Crippen LogP contribution in [0.4, 0.5) is 24.5 Å². The first-order valence-electron chi connectivity index (χ1n) is 5.97. The van der Waals surface area contributed by atoms with Crippen LogP contribution in [0.15, 0.2) is 29.3 Å². The van der Waals surface area contributed by atoms with Gasteiger partial charge in [0.25, 0.3) is 0 Å². The number of benzene rings is 1. The van der Waals surface area contributed by atoms with E-state index in [1.807, 2.05) is 0 Å². The highest BCUT2D eigenvalue weighted by molar-refractivity contribution is 5.87. The smallest absolute Gasteiger partial charge is 0.418 e. The number of alkyl halides is 3. The highest BCUT2D eigenvalue weighted by Gasteiger charge is 2.35. The van der Waals surface area contributed by atoms with Crippen molar-refractivity contribution in [1.82, 2.24) is 4.98 Å². The average Bonchev–Trinajstić information content (AvgIpc) is 2.75. The predicted octanol–water partition coefficient (Wildman–Crippen LogP) is 3.12. The molecule has 3 N–H and O–H groups in total. The van der Waals surface area contributed by atoms with Crippen molar-refractivity contribution in [2.75, 3.05) is 4.90 Å². The number of hydrogen-bond donors (Lipinski definition) is 3. The summed E-state index contributed by atoms with van der Waals surface area (Å²) in [4.78, 5) is 7.57. The van der Waals surface area contributed by atoms with E-state index in [-0.39, 0.29) is 29.7 Å². The normalized spacial score (nSPS) is 14.3. The summed E-state index contributed by atoms with van der Waals surface area (Å²) < 4.78 is 38.7. The number of rotatable bonds is 1. The number of halogens is 3. The molecule has 8 heteroatoms. The molecule has 0 saturated heterocycles. The van der Waals surface area contributed by atoms with Crippen LogP contribution in [0.3, 0.4) is 0 Å². The molecule has 1 aromatic carbocycles. The number of anilines is 1. The number of aliphatic imine (C=N–C) groups is 1. The Kier molecular flexibility index (Phi) is 2.82. The average molecular weight is 297 g/mol. The maximum absolute atomic E-state index is 12.9. The van der Waals surface area contributed by atoms with E-state index in [4.69, 9.17) is 0 Å². The van der Waals surface area contributed by atoms with Crippen molar-refractivity contribution in [3.05, 3.63) is 35.4 Å². The van der Waals surface area contributed by atoms with E-state index >= 15 is 0 Å². The molecule has 0 aliphatic carbocycles. The van der Waals surface area contributed by atoms with Crippen LogP contribution < -0.4 is 4.90 Å². The summed E-state index contributed by atoms with van der Waals surface area (Å²) in [6.07, 6.45) is -3.28. The van der Waals surface area contributed by atoms with Gasteiger partial charge in [-0.25, -0.2) is 4.99 Å². The van der Waals surface area contributed by atoms with E-state index in [1.54, 1.807) is 0 Å². The fourth-order valence-corrected chi connectivity index (χ4v) is 2.24. The van der Waals surface area contributed by atoms with Crippen molar-refractivity contribution in [3.63, 3.8) is 0 Å². The highest BCUT2D eigenvalue weighted by Crippen LogP contribution is 2.41. The number of aromatic nitrogens is 1. The zero-order valence-corrected chi connectivity index (χ0v) is 10.5. The summed E-state index contributed by atoms with van der Waals surface area (Å²) in [6.45, 7) is 0.105. The molecular weight excluding hydrogens is 287 g/mol. The molecule has 0 radical (unpaired) electrons. The van der Waals surface area contributed by atoms with E-state index in [1.165, 1.54) is 29.4 Å². The molecule has 1 aliphatic rings. The maximum Gasteiger partial charge on any atom is 0.418 e. The first-order chi connectivity index (χ1) is 9.86. The van der Waals surface area contributed by atoms with Crippen LogP contribution in [0.2, 0.25) is 0 Å². The maximum atomic E-state index is 12.9. The lowest BCUT2D eigenvalue weighted by Gasteiger charge is -2.25. The van der Waals surface area contributed by atoms with E-state index < -0.39 is 11.7 Å². The first-order valence-corrected chi connectivity index (χ1v) is 5.97. The number of nitrogens with zero attached hydrogens (tertiary/aromatic N) is 2. The minimum Gasteiger partial charge on any atom is -0.494 e. The number of aromatic hydroxyl groups is 2. The second kappa shape index (κ2) is 4.44. The molecule has 0 spiro atoms. The van der Waals surface area contributed by atoms with Gasteiger partial charge in [-0.2, -0.15) is 13.2 Å². The second-order valence-corrected chi connectivity index (χ2v) is 4.57. The van der Waals surface area contributed by atoms with Gasteiger partial charge in [-0.15, -0.1) is 0 Å². The van der Waals surface area contributed by atoms with Crippen LogP contribution in [0, 0.1) is 0 Å². The van der Waals surface area contributed by atoms with E-state index in [0.29, 0.717) is 5.56 Å². The fraction of sp³-hybridized carbons (Fsp3) is 0.154. The van der Waals surface area contributed by atoms with Crippen LogP contribution >= 0.6 is 0 Å². The van der Waals surface area contributed by atoms with Crippen molar-refractivity contribution in [1.29, 1.82) is 0 Å². The predicted molar refractivity (Wildman–Crippen MR) is 69.9 cm³/mol. The summed E-state index contributed by atoms with van der Waals surface area (Å²) in [5.41, 5.74) is -0.302. The summed E-state index contributed by atoms with van der Waals surface area (Å²) in [6, 6.07) is 5.10. The molecule has 21 heavy (non-hydrogen) atoms. The van der Waals surface area contributed by atoms with Gasteiger partial charge in [0, 0.05) is 6.07 Å². The van der Waals surface area contributed by atoms with Crippen molar-refractivity contribution >= 4 is 17.7 Å². The van der Waals surface area contributed by atoms with E-state index in [9.17, 15) is 23.4 Å². The Labute approximate surface area is 117 Å². The van der Waals surface area contributed by atoms with Gasteiger partial charge in [-0.05, 0) is 11.6 Å². The lowest BCUT2D eigenvalue weighted by molar-refractivity contribution is -0.137. The summed E-state index contributed by atoms with van der Waals surface area (Å²) in [5, 5.41) is 18.9. The van der Waals surface area contributed by atoms with Gasteiger partial charge in [0.2, 0.25) is 5.88 Å². The molecule has 0 amide bonds. The van der Waals surface area contributed by atoms with Gasteiger partial charge in [0.05, 0.1) is 24.1 Å². The van der Waals surface area contributed by atoms with Crippen LogP contribution in [0.5, 0.6) is 11.8 Å². The van der Waals surface area contributed by atoms with Crippen molar-refractivity contribution < 1.29 is 23.4 Å². The van der Waals surface area contributed by atoms with E-state index in [2.05, 4.69) is 9.98 Å². The van der Waals surface area contributed by atoms with Crippen LogP contribution in [-0.4, -0.2) is 21.5 Å². The van der Waals surface area contributed by atoms with Gasteiger partial charge < -0.3 is 15.1 Å². The summed E-state index contributed by atoms with van der Waals surface area (Å²) >= 11 is 0. The third-order valence-corrected chi connectivity index (χ3v) is 3.16. The van der Waals surface area contributed by atoms with Crippen LogP contribution in [0.25, 0.3) is 0 Å². The van der Waals surface area contributed by atoms with Gasteiger partial charge in [0.15, 0.2) is 5.88 Å². The summed E-state index contributed by atoms with van der Waals surface area (Å²) in [5.74, 6) is -0.528. The monoisotopic (exact) mass is 297 g/mol. The Bertz CT molecular complexity index is 722. The number of para-hydroxylation sites is 1. The SMILES string of the molecule is Oc1cc(N2C=Nc3c(cccc3C(F)(F)F)C2)c(O)[nH]1. The lowest BCUT2D eigenvalue weighted by atomic mass is 10.1. The molecule has 0 bridgehead atoms. The number of hydrogen-bond acceptors (Lipinski definition) is 4. The first kappa shape index (κ1) is 13.3. The Hall–Kier alpha value is -2.64. The third-order valence-electron chi connectivity index (χ3n) is 3.16. The Morgan fingerprint density at radius 1 is 1.24 bits per heavy atom. The number of nitrogens with one attached hydrogen (secondary N) is 1. The topological polar surface area (TPSA) is 71.8 Å². The lowest BCUT2D eigenvalue weighted by Crippen LogP contribution is -2.24. The molecule has 1 aromatic heterocycles. The molecule has 0 unspecified atom stereocenters. The fourth-order valence-electron chi connectivity index (χ4n) is 2.24. The molecule has 2 heterocycles.